The van der Waals surface area contributed by atoms with Gasteiger partial charge in [0.25, 0.3) is 0 Å². The van der Waals surface area contributed by atoms with Crippen LogP contribution in [0, 0.1) is 10.1 Å². The van der Waals surface area contributed by atoms with Gasteiger partial charge in [0, 0.05) is 13.1 Å². The van der Waals surface area contributed by atoms with Crippen molar-refractivity contribution in [3.05, 3.63) is 46.3 Å². The highest BCUT2D eigenvalue weighted by Crippen LogP contribution is 2.34. The number of benzene rings is 1. The van der Waals surface area contributed by atoms with E-state index in [2.05, 4.69) is 15.3 Å². The number of carbonyl (C=O) groups excluding carboxylic acids is 1. The summed E-state index contributed by atoms with van der Waals surface area (Å²) in [5.74, 6) is -0.520. The van der Waals surface area contributed by atoms with Crippen molar-refractivity contribution in [1.82, 2.24) is 9.97 Å². The summed E-state index contributed by atoms with van der Waals surface area (Å²) in [6.45, 7) is 4.12. The Kier molecular flexibility index (Phi) is 7.00. The molecule has 0 spiro atoms. The summed E-state index contributed by atoms with van der Waals surface area (Å²) in [6.07, 6.45) is 1.19. The second kappa shape index (κ2) is 9.43. The first-order valence-electron chi connectivity index (χ1n) is 8.41. The second-order valence-corrected chi connectivity index (χ2v) is 5.35. The fraction of sp³-hybridized carbons (Fsp3) is 0.353. The molecule has 0 atom stereocenters. The molecule has 2 N–H and O–H groups in total. The molecule has 0 bridgehead atoms. The largest absolute Gasteiger partial charge is 0.462 e. The standard InChI is InChI=1S/C17H21N5O5/c1-3-21(9-10-23)16-14(22(25)26)15(18-11-19-16)20-13-8-6-5-7-12(13)17(24)27-4-2/h5-8,11,23H,3-4,9-10H2,1-2H3,(H,18,19,20). The van der Waals surface area contributed by atoms with Gasteiger partial charge in [-0.3, -0.25) is 10.1 Å². The van der Waals surface area contributed by atoms with Crippen LogP contribution >= 0.6 is 0 Å². The third-order valence-electron chi connectivity index (χ3n) is 3.71. The van der Waals surface area contributed by atoms with Crippen molar-refractivity contribution in [2.75, 3.05) is 36.5 Å². The molecule has 0 saturated carbocycles. The Bertz CT molecular complexity index is 814. The third-order valence-corrected chi connectivity index (χ3v) is 3.71. The Labute approximate surface area is 156 Å². The molecular weight excluding hydrogens is 354 g/mol. The molecule has 0 unspecified atom stereocenters. The van der Waals surface area contributed by atoms with Gasteiger partial charge in [0.15, 0.2) is 0 Å². The lowest BCUT2D eigenvalue weighted by atomic mass is 10.1. The Balaban J connectivity index is 2.49. The molecule has 1 heterocycles. The van der Waals surface area contributed by atoms with Gasteiger partial charge in [-0.25, -0.2) is 14.8 Å². The summed E-state index contributed by atoms with van der Waals surface area (Å²) in [6, 6.07) is 6.50. The molecule has 27 heavy (non-hydrogen) atoms. The topological polar surface area (TPSA) is 131 Å². The highest BCUT2D eigenvalue weighted by Gasteiger charge is 2.27. The van der Waals surface area contributed by atoms with Crippen LogP contribution in [0.5, 0.6) is 0 Å². The average molecular weight is 375 g/mol. The molecule has 1 aromatic carbocycles. The van der Waals surface area contributed by atoms with E-state index in [1.165, 1.54) is 6.33 Å². The van der Waals surface area contributed by atoms with E-state index in [-0.39, 0.29) is 42.6 Å². The van der Waals surface area contributed by atoms with E-state index in [1.54, 1.807) is 43.0 Å². The molecule has 2 rings (SSSR count). The highest BCUT2D eigenvalue weighted by atomic mass is 16.6. The molecule has 10 nitrogen and oxygen atoms in total. The first-order valence-corrected chi connectivity index (χ1v) is 8.41. The van der Waals surface area contributed by atoms with Crippen LogP contribution < -0.4 is 10.2 Å². The van der Waals surface area contributed by atoms with Crippen LogP contribution in [0.4, 0.5) is 23.0 Å². The van der Waals surface area contributed by atoms with Gasteiger partial charge in [-0.05, 0) is 26.0 Å². The van der Waals surface area contributed by atoms with Crippen LogP contribution in [-0.2, 0) is 4.74 Å². The van der Waals surface area contributed by atoms with Crippen LogP contribution in [0.3, 0.4) is 0 Å². The molecule has 1 aromatic heterocycles. The molecule has 2 aromatic rings. The van der Waals surface area contributed by atoms with E-state index in [0.29, 0.717) is 12.2 Å². The normalized spacial score (nSPS) is 10.3. The summed E-state index contributed by atoms with van der Waals surface area (Å²) in [4.78, 5) is 32.8. The number of aliphatic hydroxyl groups excluding tert-OH is 1. The number of hydrogen-bond acceptors (Lipinski definition) is 9. The van der Waals surface area contributed by atoms with Crippen molar-refractivity contribution in [2.45, 2.75) is 13.8 Å². The Morgan fingerprint density at radius 1 is 1.33 bits per heavy atom. The molecule has 0 aliphatic carbocycles. The van der Waals surface area contributed by atoms with Crippen molar-refractivity contribution in [2.24, 2.45) is 0 Å². The van der Waals surface area contributed by atoms with Gasteiger partial charge in [-0.15, -0.1) is 0 Å². The number of nitrogens with one attached hydrogen (secondary N) is 1. The number of carbonyl (C=O) groups is 1. The van der Waals surface area contributed by atoms with Gasteiger partial charge in [0.05, 0.1) is 29.4 Å². The fourth-order valence-corrected chi connectivity index (χ4v) is 2.50. The number of likely N-dealkylation sites (N-methyl/N-ethyl adjacent to an activating group) is 1. The van der Waals surface area contributed by atoms with E-state index >= 15 is 0 Å². The zero-order valence-corrected chi connectivity index (χ0v) is 15.1. The lowest BCUT2D eigenvalue weighted by Gasteiger charge is -2.21. The van der Waals surface area contributed by atoms with Gasteiger partial charge in [0.2, 0.25) is 11.6 Å². The predicted molar refractivity (Wildman–Crippen MR) is 99.3 cm³/mol. The average Bonchev–Trinajstić information content (AvgIpc) is 2.66. The van der Waals surface area contributed by atoms with E-state index in [0.717, 1.165) is 0 Å². The summed E-state index contributed by atoms with van der Waals surface area (Å²) in [7, 11) is 0. The molecule has 0 amide bonds. The summed E-state index contributed by atoms with van der Waals surface area (Å²) < 4.78 is 5.01. The highest BCUT2D eigenvalue weighted by molar-refractivity contribution is 5.96. The molecule has 0 radical (unpaired) electrons. The number of para-hydroxylation sites is 1. The van der Waals surface area contributed by atoms with Crippen molar-refractivity contribution in [1.29, 1.82) is 0 Å². The van der Waals surface area contributed by atoms with Crippen LogP contribution in [-0.4, -0.2) is 52.3 Å². The van der Waals surface area contributed by atoms with E-state index < -0.39 is 10.9 Å². The van der Waals surface area contributed by atoms with Crippen LogP contribution in [0.2, 0.25) is 0 Å². The molecular formula is C17H21N5O5. The Morgan fingerprint density at radius 3 is 2.70 bits per heavy atom. The predicted octanol–water partition coefficient (Wildman–Crippen LogP) is 2.12. The zero-order chi connectivity index (χ0) is 19.8. The Morgan fingerprint density at radius 2 is 2.07 bits per heavy atom. The number of anilines is 3. The zero-order valence-electron chi connectivity index (χ0n) is 15.1. The van der Waals surface area contributed by atoms with Crippen LogP contribution in [0.15, 0.2) is 30.6 Å². The minimum Gasteiger partial charge on any atom is -0.462 e. The van der Waals surface area contributed by atoms with Gasteiger partial charge in [-0.1, -0.05) is 12.1 Å². The number of ether oxygens (including phenoxy) is 1. The summed E-state index contributed by atoms with van der Waals surface area (Å²) >= 11 is 0. The lowest BCUT2D eigenvalue weighted by molar-refractivity contribution is -0.383. The minimum absolute atomic E-state index is 0.0573. The third kappa shape index (κ3) is 4.67. The van der Waals surface area contributed by atoms with Gasteiger partial charge < -0.3 is 20.1 Å². The van der Waals surface area contributed by atoms with Gasteiger partial charge in [0.1, 0.15) is 6.33 Å². The van der Waals surface area contributed by atoms with Crippen molar-refractivity contribution < 1.29 is 19.6 Å². The number of nitro groups is 1. The van der Waals surface area contributed by atoms with Gasteiger partial charge in [-0.2, -0.15) is 0 Å². The molecule has 0 saturated heterocycles. The molecule has 0 fully saturated rings. The van der Waals surface area contributed by atoms with Gasteiger partial charge >= 0.3 is 11.7 Å². The Hall–Kier alpha value is -3.27. The molecule has 10 heteroatoms. The van der Waals surface area contributed by atoms with E-state index in [4.69, 9.17) is 4.74 Å². The summed E-state index contributed by atoms with van der Waals surface area (Å²) in [5.41, 5.74) is 0.219. The lowest BCUT2D eigenvalue weighted by Crippen LogP contribution is -2.28. The first-order chi connectivity index (χ1) is 13.0. The maximum Gasteiger partial charge on any atom is 0.353 e. The van der Waals surface area contributed by atoms with Crippen molar-refractivity contribution in [3.8, 4) is 0 Å². The SMILES string of the molecule is CCOC(=O)c1ccccc1Nc1ncnc(N(CC)CCO)c1[N+](=O)[O-]. The fourth-order valence-electron chi connectivity index (χ4n) is 2.50. The van der Waals surface area contributed by atoms with Crippen molar-refractivity contribution >= 4 is 29.0 Å². The monoisotopic (exact) mass is 375 g/mol. The number of nitrogens with zero attached hydrogens (tertiary/aromatic N) is 4. The van der Waals surface area contributed by atoms with Crippen LogP contribution in [0.1, 0.15) is 24.2 Å². The first kappa shape index (κ1) is 20.0. The number of esters is 1. The number of hydrogen-bond donors (Lipinski definition) is 2. The van der Waals surface area contributed by atoms with Crippen LogP contribution in [0.25, 0.3) is 0 Å². The second-order valence-electron chi connectivity index (χ2n) is 5.35. The smallest absolute Gasteiger partial charge is 0.353 e. The minimum atomic E-state index is -0.593. The molecule has 0 aliphatic rings. The van der Waals surface area contributed by atoms with E-state index in [1.807, 2.05) is 0 Å². The maximum absolute atomic E-state index is 12.1. The molecule has 0 aliphatic heterocycles. The van der Waals surface area contributed by atoms with Crippen molar-refractivity contribution in [3.63, 3.8) is 0 Å². The number of rotatable bonds is 9. The molecule has 144 valence electrons. The summed E-state index contributed by atoms with van der Waals surface area (Å²) in [5, 5.41) is 23.7. The maximum atomic E-state index is 12.1. The number of aromatic nitrogens is 2. The number of aliphatic hydroxyl groups is 1. The van der Waals surface area contributed by atoms with E-state index in [9.17, 15) is 20.0 Å². The quantitative estimate of drug-likeness (QED) is 0.384.